The quantitative estimate of drug-likeness (QED) is 0.625. The molecule has 0 radical (unpaired) electrons. The van der Waals surface area contributed by atoms with Crippen molar-refractivity contribution in [3.05, 3.63) is 0 Å². The number of carbonyl (C=O) groups is 2. The fourth-order valence-electron chi connectivity index (χ4n) is 1.89. The summed E-state index contributed by atoms with van der Waals surface area (Å²) in [6, 6.07) is 0.232. The second-order valence-electron chi connectivity index (χ2n) is 5.88. The van der Waals surface area contributed by atoms with E-state index in [-0.39, 0.29) is 12.6 Å². The van der Waals surface area contributed by atoms with Crippen LogP contribution in [-0.2, 0) is 4.79 Å². The molecule has 1 saturated carbocycles. The highest BCUT2D eigenvalue weighted by Gasteiger charge is 2.27. The Morgan fingerprint density at radius 3 is 2.50 bits per heavy atom. The molecule has 1 rings (SSSR count). The minimum Gasteiger partial charge on any atom is -0.480 e. The van der Waals surface area contributed by atoms with Crippen molar-refractivity contribution in [1.29, 1.82) is 0 Å². The van der Waals surface area contributed by atoms with Gasteiger partial charge >= 0.3 is 12.0 Å². The molecular weight excluding hydrogens is 258 g/mol. The number of hydrogen-bond acceptors (Lipinski definition) is 3. The van der Waals surface area contributed by atoms with Gasteiger partial charge in [-0.05, 0) is 52.6 Å². The number of amides is 2. The first-order valence-corrected chi connectivity index (χ1v) is 7.35. The number of hydrogen-bond donors (Lipinski definition) is 2. The average molecular weight is 285 g/mol. The summed E-state index contributed by atoms with van der Waals surface area (Å²) in [5.74, 6) is -0.465. The van der Waals surface area contributed by atoms with Crippen molar-refractivity contribution in [2.24, 2.45) is 5.92 Å². The average Bonchev–Trinajstić information content (AvgIpc) is 3.16. The van der Waals surface area contributed by atoms with Gasteiger partial charge in [0.2, 0.25) is 0 Å². The third kappa shape index (κ3) is 6.75. The van der Waals surface area contributed by atoms with Gasteiger partial charge in [-0.25, -0.2) is 4.79 Å². The van der Waals surface area contributed by atoms with E-state index in [2.05, 4.69) is 31.1 Å². The molecule has 2 N–H and O–H groups in total. The van der Waals surface area contributed by atoms with Gasteiger partial charge in [0.15, 0.2) is 0 Å². The molecule has 0 aromatic carbocycles. The van der Waals surface area contributed by atoms with E-state index >= 15 is 0 Å². The van der Waals surface area contributed by atoms with Crippen molar-refractivity contribution < 1.29 is 14.7 Å². The molecule has 0 aromatic heterocycles. The van der Waals surface area contributed by atoms with Crippen molar-refractivity contribution in [3.8, 4) is 0 Å². The zero-order chi connectivity index (χ0) is 15.1. The molecule has 0 unspecified atom stereocenters. The zero-order valence-corrected chi connectivity index (χ0v) is 12.8. The maximum absolute atomic E-state index is 12.0. The lowest BCUT2D eigenvalue weighted by atomic mass is 10.3. The highest BCUT2D eigenvalue weighted by atomic mass is 16.4. The van der Waals surface area contributed by atoms with Crippen LogP contribution in [0.15, 0.2) is 0 Å². The van der Waals surface area contributed by atoms with Gasteiger partial charge in [0.1, 0.15) is 6.54 Å². The minimum atomic E-state index is -0.958. The zero-order valence-electron chi connectivity index (χ0n) is 12.8. The second kappa shape index (κ2) is 8.09. The van der Waals surface area contributed by atoms with E-state index < -0.39 is 5.97 Å². The van der Waals surface area contributed by atoms with Crippen molar-refractivity contribution in [2.45, 2.75) is 39.2 Å². The molecule has 0 atom stereocenters. The smallest absolute Gasteiger partial charge is 0.323 e. The summed E-state index contributed by atoms with van der Waals surface area (Å²) >= 11 is 0. The first-order chi connectivity index (χ1) is 9.40. The number of carboxylic acid groups (broad SMARTS) is 1. The molecule has 1 fully saturated rings. The Morgan fingerprint density at radius 2 is 2.00 bits per heavy atom. The Bertz CT molecular complexity index is 330. The fourth-order valence-corrected chi connectivity index (χ4v) is 1.89. The number of urea groups is 1. The van der Waals surface area contributed by atoms with Crippen molar-refractivity contribution >= 4 is 12.0 Å². The summed E-state index contributed by atoms with van der Waals surface area (Å²) in [6.45, 7) is 6.10. The van der Waals surface area contributed by atoms with Gasteiger partial charge in [-0.1, -0.05) is 0 Å². The first kappa shape index (κ1) is 16.8. The molecule has 6 nitrogen and oxygen atoms in total. The predicted molar refractivity (Wildman–Crippen MR) is 77.7 cm³/mol. The molecule has 0 aliphatic heterocycles. The van der Waals surface area contributed by atoms with E-state index in [9.17, 15) is 9.59 Å². The van der Waals surface area contributed by atoms with Crippen LogP contribution in [0.4, 0.5) is 4.79 Å². The van der Waals surface area contributed by atoms with Gasteiger partial charge in [-0.3, -0.25) is 4.79 Å². The number of rotatable bonds is 9. The van der Waals surface area contributed by atoms with E-state index in [1.54, 1.807) is 0 Å². The lowest BCUT2D eigenvalue weighted by molar-refractivity contribution is -0.137. The molecule has 2 amide bonds. The van der Waals surface area contributed by atoms with E-state index in [4.69, 9.17) is 5.11 Å². The van der Waals surface area contributed by atoms with Crippen LogP contribution in [0, 0.1) is 5.92 Å². The third-order valence-electron chi connectivity index (χ3n) is 3.63. The van der Waals surface area contributed by atoms with E-state index in [1.807, 2.05) is 0 Å². The van der Waals surface area contributed by atoms with Crippen LogP contribution >= 0.6 is 0 Å². The molecule has 0 saturated heterocycles. The summed E-state index contributed by atoms with van der Waals surface area (Å²) in [7, 11) is 2.05. The van der Waals surface area contributed by atoms with E-state index in [0.29, 0.717) is 25.0 Å². The van der Waals surface area contributed by atoms with Crippen molar-refractivity contribution in [3.63, 3.8) is 0 Å². The fraction of sp³-hybridized carbons (Fsp3) is 0.857. The molecule has 0 bridgehead atoms. The highest BCUT2D eigenvalue weighted by Crippen LogP contribution is 2.29. The van der Waals surface area contributed by atoms with Crippen LogP contribution in [0.2, 0.25) is 0 Å². The van der Waals surface area contributed by atoms with Crippen LogP contribution in [0.25, 0.3) is 0 Å². The van der Waals surface area contributed by atoms with Crippen LogP contribution in [0.5, 0.6) is 0 Å². The topological polar surface area (TPSA) is 72.9 Å². The van der Waals surface area contributed by atoms with Gasteiger partial charge in [-0.15, -0.1) is 0 Å². The molecule has 116 valence electrons. The van der Waals surface area contributed by atoms with Crippen LogP contribution < -0.4 is 5.32 Å². The van der Waals surface area contributed by atoms with Gasteiger partial charge in [0.05, 0.1) is 0 Å². The predicted octanol–water partition coefficient (Wildman–Crippen LogP) is 1.22. The Labute approximate surface area is 121 Å². The third-order valence-corrected chi connectivity index (χ3v) is 3.63. The molecule has 0 spiro atoms. The summed E-state index contributed by atoms with van der Waals surface area (Å²) in [5.41, 5.74) is 0. The summed E-state index contributed by atoms with van der Waals surface area (Å²) in [4.78, 5) is 26.4. The SMILES string of the molecule is CC(C)N(C)CCCNC(=O)N(CC(=O)O)CC1CC1. The van der Waals surface area contributed by atoms with Gasteiger partial charge in [0, 0.05) is 19.1 Å². The molecule has 6 heteroatoms. The second-order valence-corrected chi connectivity index (χ2v) is 5.88. The van der Waals surface area contributed by atoms with Crippen LogP contribution in [-0.4, -0.2) is 66.2 Å². The molecule has 20 heavy (non-hydrogen) atoms. The van der Waals surface area contributed by atoms with Gasteiger partial charge < -0.3 is 20.2 Å². The largest absolute Gasteiger partial charge is 0.480 e. The van der Waals surface area contributed by atoms with Crippen molar-refractivity contribution in [2.75, 3.05) is 33.2 Å². The Kier molecular flexibility index (Phi) is 6.78. The lowest BCUT2D eigenvalue weighted by Crippen LogP contribution is -2.44. The molecule has 1 aliphatic rings. The monoisotopic (exact) mass is 285 g/mol. The molecule has 0 heterocycles. The molecular formula is C14H27N3O3. The van der Waals surface area contributed by atoms with Gasteiger partial charge in [-0.2, -0.15) is 0 Å². The summed E-state index contributed by atoms with van der Waals surface area (Å²) < 4.78 is 0. The van der Waals surface area contributed by atoms with Crippen LogP contribution in [0.1, 0.15) is 33.1 Å². The Morgan fingerprint density at radius 1 is 1.35 bits per heavy atom. The summed E-state index contributed by atoms with van der Waals surface area (Å²) in [6.07, 6.45) is 3.07. The Balaban J connectivity index is 2.24. The lowest BCUT2D eigenvalue weighted by Gasteiger charge is -2.23. The first-order valence-electron chi connectivity index (χ1n) is 7.35. The Hall–Kier alpha value is -1.30. The van der Waals surface area contributed by atoms with E-state index in [0.717, 1.165) is 25.8 Å². The summed E-state index contributed by atoms with van der Waals surface area (Å²) in [5, 5.41) is 11.7. The maximum Gasteiger partial charge on any atom is 0.323 e. The standard InChI is InChI=1S/C14H27N3O3/c1-11(2)16(3)8-4-7-15-14(20)17(10-13(18)19)9-12-5-6-12/h11-12H,4-10H2,1-3H3,(H,15,20)(H,18,19). The molecule has 0 aromatic rings. The normalized spacial score (nSPS) is 14.7. The number of carbonyl (C=O) groups excluding carboxylic acids is 1. The highest BCUT2D eigenvalue weighted by molar-refractivity contribution is 5.80. The minimum absolute atomic E-state index is 0.214. The maximum atomic E-state index is 12.0. The van der Waals surface area contributed by atoms with Crippen LogP contribution in [0.3, 0.4) is 0 Å². The number of aliphatic carboxylic acids is 1. The number of nitrogens with one attached hydrogen (secondary N) is 1. The number of nitrogens with zero attached hydrogens (tertiary/aromatic N) is 2. The number of carboxylic acids is 1. The van der Waals surface area contributed by atoms with Gasteiger partial charge in [0.25, 0.3) is 0 Å². The molecule has 1 aliphatic carbocycles. The van der Waals surface area contributed by atoms with Crippen molar-refractivity contribution in [1.82, 2.24) is 15.1 Å². The van der Waals surface area contributed by atoms with E-state index in [1.165, 1.54) is 4.90 Å².